The van der Waals surface area contributed by atoms with E-state index in [0.29, 0.717) is 0 Å². The van der Waals surface area contributed by atoms with Gasteiger partial charge in [0.05, 0.1) is 6.61 Å². The zero-order chi connectivity index (χ0) is 16.9. The molecule has 22 heavy (non-hydrogen) atoms. The summed E-state index contributed by atoms with van der Waals surface area (Å²) in [5.41, 5.74) is -1.26. The molecule has 0 aliphatic heterocycles. The second kappa shape index (κ2) is 7.08. The number of halogens is 1. The molecule has 8 heteroatoms. The lowest BCUT2D eigenvalue weighted by Gasteiger charge is -2.27. The zero-order valence-corrected chi connectivity index (χ0v) is 13.0. The summed E-state index contributed by atoms with van der Waals surface area (Å²) in [7, 11) is 1.40. The van der Waals surface area contributed by atoms with Crippen LogP contribution in [-0.4, -0.2) is 31.3 Å². The molecule has 0 saturated carbocycles. The molecular weight excluding hydrogens is 293 g/mol. The topological polar surface area (TPSA) is 93.9 Å². The number of benzene rings is 1. The summed E-state index contributed by atoms with van der Waals surface area (Å²) in [5.74, 6) is 4.39. The lowest BCUT2D eigenvalue weighted by molar-refractivity contribution is -0.158. The van der Waals surface area contributed by atoms with E-state index in [1.54, 1.807) is 6.92 Å². The third-order valence-electron chi connectivity index (χ3n) is 2.75. The van der Waals surface area contributed by atoms with Crippen LogP contribution < -0.4 is 20.9 Å². The number of amides is 2. The van der Waals surface area contributed by atoms with Crippen molar-refractivity contribution < 1.29 is 23.5 Å². The maximum absolute atomic E-state index is 13.5. The minimum Gasteiger partial charge on any atom is -0.474 e. The Morgan fingerprint density at radius 3 is 2.59 bits per heavy atom. The van der Waals surface area contributed by atoms with Gasteiger partial charge in [-0.2, -0.15) is 0 Å². The highest BCUT2D eigenvalue weighted by atomic mass is 19.1. The number of nitrogens with two attached hydrogens (primary N) is 1. The predicted octanol–water partition coefficient (Wildman–Crippen LogP) is 1.57. The van der Waals surface area contributed by atoms with Gasteiger partial charge in [0.25, 0.3) is 0 Å². The maximum Gasteiger partial charge on any atom is 0.349 e. The lowest BCUT2D eigenvalue weighted by atomic mass is 10.1. The van der Waals surface area contributed by atoms with Gasteiger partial charge in [-0.1, -0.05) is 0 Å². The molecule has 0 aliphatic carbocycles. The minimum absolute atomic E-state index is 0.0517. The van der Waals surface area contributed by atoms with E-state index >= 15 is 0 Å². The number of hydrogen-bond acceptors (Lipinski definition) is 5. The Balaban J connectivity index is 3.15. The zero-order valence-electron chi connectivity index (χ0n) is 13.0. The van der Waals surface area contributed by atoms with E-state index in [1.807, 2.05) is 0 Å². The van der Waals surface area contributed by atoms with Crippen molar-refractivity contribution >= 4 is 17.7 Å². The van der Waals surface area contributed by atoms with Gasteiger partial charge in [0.1, 0.15) is 17.3 Å². The summed E-state index contributed by atoms with van der Waals surface area (Å²) >= 11 is 0. The van der Waals surface area contributed by atoms with Crippen LogP contribution in [0, 0.1) is 5.82 Å². The molecule has 1 rings (SSSR count). The van der Waals surface area contributed by atoms with Gasteiger partial charge >= 0.3 is 12.0 Å². The molecule has 1 aromatic carbocycles. The molecular formula is C14H20FN3O4. The standard InChI is InChI=1S/C14H20FN3O4/c1-5-21-12(19)14(2,3)22-11-8-9(15)6-7-10(11)18(16)13(20)17-4/h6-8H,5,16H2,1-4H3,(H,17,20). The Hall–Kier alpha value is -2.35. The van der Waals surface area contributed by atoms with E-state index in [2.05, 4.69) is 5.32 Å². The maximum atomic E-state index is 13.5. The fourth-order valence-corrected chi connectivity index (χ4v) is 1.62. The molecule has 0 atom stereocenters. The summed E-state index contributed by atoms with van der Waals surface area (Å²) in [6.07, 6.45) is 0. The largest absolute Gasteiger partial charge is 0.474 e. The molecule has 0 fully saturated rings. The van der Waals surface area contributed by atoms with Gasteiger partial charge in [-0.05, 0) is 32.9 Å². The molecule has 0 heterocycles. The molecule has 0 aromatic heterocycles. The number of carbonyl (C=O) groups is 2. The summed E-state index contributed by atoms with van der Waals surface area (Å²) in [4.78, 5) is 23.5. The first kappa shape index (κ1) is 17.7. The average molecular weight is 313 g/mol. The monoisotopic (exact) mass is 313 g/mol. The summed E-state index contributed by atoms with van der Waals surface area (Å²) in [6, 6.07) is 2.83. The van der Waals surface area contributed by atoms with Gasteiger partial charge in [-0.3, -0.25) is 0 Å². The number of nitrogens with one attached hydrogen (secondary N) is 1. The van der Waals surface area contributed by atoms with Crippen molar-refractivity contribution in [3.63, 3.8) is 0 Å². The van der Waals surface area contributed by atoms with Crippen LogP contribution in [-0.2, 0) is 9.53 Å². The van der Waals surface area contributed by atoms with Gasteiger partial charge in [-0.25, -0.2) is 24.8 Å². The molecule has 0 aliphatic rings. The lowest BCUT2D eigenvalue weighted by Crippen LogP contribution is -2.44. The third kappa shape index (κ3) is 4.08. The van der Waals surface area contributed by atoms with Crippen molar-refractivity contribution in [1.29, 1.82) is 0 Å². The molecule has 0 unspecified atom stereocenters. The highest BCUT2D eigenvalue weighted by Gasteiger charge is 2.33. The highest BCUT2D eigenvalue weighted by molar-refractivity contribution is 5.92. The van der Waals surface area contributed by atoms with E-state index in [4.69, 9.17) is 15.3 Å². The van der Waals surface area contributed by atoms with Crippen LogP contribution in [0.4, 0.5) is 14.9 Å². The fraction of sp³-hybridized carbons (Fsp3) is 0.429. The number of carbonyl (C=O) groups excluding carboxylic acids is 2. The van der Waals surface area contributed by atoms with Crippen LogP contribution in [0.15, 0.2) is 18.2 Å². The number of rotatable bonds is 5. The fourth-order valence-electron chi connectivity index (χ4n) is 1.62. The van der Waals surface area contributed by atoms with E-state index in [9.17, 15) is 14.0 Å². The molecule has 0 radical (unpaired) electrons. The smallest absolute Gasteiger partial charge is 0.349 e. The highest BCUT2D eigenvalue weighted by Crippen LogP contribution is 2.31. The van der Waals surface area contributed by atoms with E-state index in [-0.39, 0.29) is 18.0 Å². The molecule has 0 bridgehead atoms. The number of anilines is 1. The van der Waals surface area contributed by atoms with Gasteiger partial charge in [-0.15, -0.1) is 0 Å². The molecule has 0 saturated heterocycles. The summed E-state index contributed by atoms with van der Waals surface area (Å²) in [5, 5.41) is 3.09. The van der Waals surface area contributed by atoms with Crippen LogP contribution in [0.2, 0.25) is 0 Å². The number of urea groups is 1. The van der Waals surface area contributed by atoms with E-state index < -0.39 is 23.4 Å². The normalized spacial score (nSPS) is 10.8. The average Bonchev–Trinajstić information content (AvgIpc) is 2.45. The van der Waals surface area contributed by atoms with Gasteiger partial charge in [0.2, 0.25) is 0 Å². The minimum atomic E-state index is -1.37. The van der Waals surface area contributed by atoms with Crippen LogP contribution in [0.3, 0.4) is 0 Å². The summed E-state index contributed by atoms with van der Waals surface area (Å²) < 4.78 is 23.9. The van der Waals surface area contributed by atoms with Gasteiger partial charge in [0, 0.05) is 13.1 Å². The molecule has 3 N–H and O–H groups in total. The van der Waals surface area contributed by atoms with Crippen LogP contribution in [0.5, 0.6) is 5.75 Å². The molecule has 1 aromatic rings. The van der Waals surface area contributed by atoms with Gasteiger partial charge in [0.15, 0.2) is 5.60 Å². The van der Waals surface area contributed by atoms with Crippen LogP contribution in [0.1, 0.15) is 20.8 Å². The van der Waals surface area contributed by atoms with Crippen molar-refractivity contribution in [2.45, 2.75) is 26.4 Å². The number of esters is 1. The Labute approximate surface area is 128 Å². The SMILES string of the molecule is CCOC(=O)C(C)(C)Oc1cc(F)ccc1N(N)C(=O)NC. The van der Waals surface area contributed by atoms with Gasteiger partial charge < -0.3 is 14.8 Å². The van der Waals surface area contributed by atoms with E-state index in [0.717, 1.165) is 17.1 Å². The van der Waals surface area contributed by atoms with Crippen molar-refractivity contribution in [3.05, 3.63) is 24.0 Å². The Morgan fingerprint density at radius 1 is 1.41 bits per heavy atom. The van der Waals surface area contributed by atoms with Crippen molar-refractivity contribution in [2.75, 3.05) is 18.7 Å². The van der Waals surface area contributed by atoms with Crippen LogP contribution >= 0.6 is 0 Å². The first-order valence-electron chi connectivity index (χ1n) is 6.65. The molecule has 2 amide bonds. The Kier molecular flexibility index (Phi) is 5.69. The van der Waals surface area contributed by atoms with E-state index in [1.165, 1.54) is 27.0 Å². The van der Waals surface area contributed by atoms with Crippen LogP contribution in [0.25, 0.3) is 0 Å². The number of ether oxygens (including phenoxy) is 2. The number of hydrazine groups is 1. The predicted molar refractivity (Wildman–Crippen MR) is 78.9 cm³/mol. The number of hydrogen-bond donors (Lipinski definition) is 2. The first-order chi connectivity index (χ1) is 10.2. The second-order valence-electron chi connectivity index (χ2n) is 4.87. The van der Waals surface area contributed by atoms with Crippen molar-refractivity contribution in [1.82, 2.24) is 5.32 Å². The molecule has 0 spiro atoms. The Bertz CT molecular complexity index is 563. The second-order valence-corrected chi connectivity index (χ2v) is 4.87. The van der Waals surface area contributed by atoms with Crippen molar-refractivity contribution in [2.24, 2.45) is 5.84 Å². The first-order valence-corrected chi connectivity index (χ1v) is 6.65. The number of nitrogens with zero attached hydrogens (tertiary/aromatic N) is 1. The van der Waals surface area contributed by atoms with Crippen molar-refractivity contribution in [3.8, 4) is 5.75 Å². The summed E-state index contributed by atoms with van der Waals surface area (Å²) in [6.45, 7) is 4.79. The third-order valence-corrected chi connectivity index (χ3v) is 2.75. The Morgan fingerprint density at radius 2 is 2.05 bits per heavy atom. The molecule has 7 nitrogen and oxygen atoms in total. The molecule has 122 valence electrons. The quantitative estimate of drug-likeness (QED) is 0.372.